The zero-order valence-corrected chi connectivity index (χ0v) is 25.4. The Morgan fingerprint density at radius 1 is 1.00 bits per heavy atom. The minimum atomic E-state index is 0.205. The molecule has 0 amide bonds. The Bertz CT molecular complexity index is 1750. The van der Waals surface area contributed by atoms with Gasteiger partial charge in [0.1, 0.15) is 11.6 Å². The Labute approximate surface area is 252 Å². The van der Waals surface area contributed by atoms with Crippen molar-refractivity contribution < 1.29 is 4.74 Å². The number of hydrogen-bond acceptors (Lipinski definition) is 8. The van der Waals surface area contributed by atoms with E-state index in [1.807, 2.05) is 28.8 Å². The number of nitrogens with zero attached hydrogens (tertiary/aromatic N) is 7. The minimum Gasteiger partial charge on any atom is -0.463 e. The van der Waals surface area contributed by atoms with Gasteiger partial charge in [0.2, 0.25) is 0 Å². The Kier molecular flexibility index (Phi) is 7.34. The summed E-state index contributed by atoms with van der Waals surface area (Å²) in [6.45, 7) is 6.21. The van der Waals surface area contributed by atoms with Gasteiger partial charge in [-0.25, -0.2) is 0 Å². The van der Waals surface area contributed by atoms with Gasteiger partial charge in [-0.1, -0.05) is 43.3 Å². The second-order valence-corrected chi connectivity index (χ2v) is 12.3. The maximum Gasteiger partial charge on any atom is 0.318 e. The van der Waals surface area contributed by atoms with Gasteiger partial charge in [-0.15, -0.1) is 10.2 Å². The Morgan fingerprint density at radius 2 is 1.86 bits per heavy atom. The Balaban J connectivity index is 1.17. The molecule has 0 unspecified atom stereocenters. The first-order chi connectivity index (χ1) is 21.0. The molecule has 1 N–H and O–H groups in total. The highest BCUT2D eigenvalue weighted by Gasteiger charge is 2.44. The molecule has 1 saturated carbocycles. The van der Waals surface area contributed by atoms with Crippen molar-refractivity contribution in [2.75, 3.05) is 50.6 Å². The summed E-state index contributed by atoms with van der Waals surface area (Å²) in [5.41, 5.74) is 5.94. The van der Waals surface area contributed by atoms with Crippen LogP contribution in [0.15, 0.2) is 60.8 Å². The van der Waals surface area contributed by atoms with E-state index in [0.29, 0.717) is 19.2 Å². The van der Waals surface area contributed by atoms with Crippen molar-refractivity contribution in [2.45, 2.75) is 45.6 Å². The summed E-state index contributed by atoms with van der Waals surface area (Å²) < 4.78 is 8.40. The minimum absolute atomic E-state index is 0.205. The molecule has 7 rings (SSSR count). The molecule has 4 heterocycles. The third kappa shape index (κ3) is 5.61. The van der Waals surface area contributed by atoms with Crippen molar-refractivity contribution in [2.24, 2.45) is 5.41 Å². The molecule has 0 radical (unpaired) electrons. The van der Waals surface area contributed by atoms with Gasteiger partial charge >= 0.3 is 6.01 Å². The SMILES string of the molecule is CCc1cccc2cccc(N3CCc4c(nc(OCC5(CN(C)C)CC5)nc4NCCc4nnc5ccccn45)C3)c12. The number of hydrogen-bond donors (Lipinski definition) is 1. The Morgan fingerprint density at radius 3 is 2.67 bits per heavy atom. The lowest BCUT2D eigenvalue weighted by molar-refractivity contribution is 0.182. The van der Waals surface area contributed by atoms with Crippen LogP contribution in [0.2, 0.25) is 0 Å². The van der Waals surface area contributed by atoms with Crippen LogP contribution in [0, 0.1) is 5.41 Å². The third-order valence-corrected chi connectivity index (χ3v) is 8.88. The summed E-state index contributed by atoms with van der Waals surface area (Å²) in [6, 6.07) is 19.7. The zero-order chi connectivity index (χ0) is 29.4. The van der Waals surface area contributed by atoms with E-state index in [1.54, 1.807) is 0 Å². The number of ether oxygens (including phenoxy) is 1. The molecule has 1 aliphatic heterocycles. The molecule has 1 fully saturated rings. The van der Waals surface area contributed by atoms with E-state index in [4.69, 9.17) is 14.7 Å². The van der Waals surface area contributed by atoms with Gasteiger partial charge in [-0.3, -0.25) is 4.40 Å². The molecule has 2 aliphatic rings. The lowest BCUT2D eigenvalue weighted by Gasteiger charge is -2.32. The maximum atomic E-state index is 6.36. The van der Waals surface area contributed by atoms with Crippen molar-refractivity contribution in [3.05, 3.63) is 83.4 Å². The van der Waals surface area contributed by atoms with Crippen molar-refractivity contribution >= 4 is 27.9 Å². The first-order valence-corrected chi connectivity index (χ1v) is 15.5. The highest BCUT2D eigenvalue weighted by Crippen LogP contribution is 2.46. The third-order valence-electron chi connectivity index (χ3n) is 8.88. The van der Waals surface area contributed by atoms with Gasteiger partial charge in [0.15, 0.2) is 5.65 Å². The summed E-state index contributed by atoms with van der Waals surface area (Å²) in [5.74, 6) is 1.80. The summed E-state index contributed by atoms with van der Waals surface area (Å²) in [6.07, 6.45) is 6.97. The molecule has 0 bridgehead atoms. The molecule has 222 valence electrons. The van der Waals surface area contributed by atoms with Crippen LogP contribution in [0.3, 0.4) is 0 Å². The summed E-state index contributed by atoms with van der Waals surface area (Å²) in [5, 5.41) is 15.0. The fourth-order valence-electron chi connectivity index (χ4n) is 6.55. The number of pyridine rings is 1. The van der Waals surface area contributed by atoms with Crippen LogP contribution in [0.1, 0.15) is 42.4 Å². The van der Waals surface area contributed by atoms with Crippen LogP contribution in [0.4, 0.5) is 11.5 Å². The summed E-state index contributed by atoms with van der Waals surface area (Å²) >= 11 is 0. The molecule has 9 heteroatoms. The van der Waals surface area contributed by atoms with Crippen molar-refractivity contribution in [1.82, 2.24) is 29.5 Å². The van der Waals surface area contributed by atoms with Gasteiger partial charge in [0.25, 0.3) is 0 Å². The fourth-order valence-corrected chi connectivity index (χ4v) is 6.55. The summed E-state index contributed by atoms with van der Waals surface area (Å²) in [7, 11) is 4.25. The lowest BCUT2D eigenvalue weighted by atomic mass is 9.98. The largest absolute Gasteiger partial charge is 0.463 e. The van der Waals surface area contributed by atoms with Gasteiger partial charge in [-0.2, -0.15) is 9.97 Å². The quantitative estimate of drug-likeness (QED) is 0.231. The van der Waals surface area contributed by atoms with E-state index >= 15 is 0 Å². The van der Waals surface area contributed by atoms with Crippen molar-refractivity contribution in [3.63, 3.8) is 0 Å². The van der Waals surface area contributed by atoms with E-state index < -0.39 is 0 Å². The van der Waals surface area contributed by atoms with Gasteiger partial charge < -0.3 is 19.9 Å². The van der Waals surface area contributed by atoms with Crippen molar-refractivity contribution in [1.29, 1.82) is 0 Å². The predicted octanol–water partition coefficient (Wildman–Crippen LogP) is 5.17. The second kappa shape index (κ2) is 11.4. The van der Waals surface area contributed by atoms with Crippen LogP contribution in [0.25, 0.3) is 16.4 Å². The number of aryl methyl sites for hydroxylation is 1. The van der Waals surface area contributed by atoms with Crippen LogP contribution in [-0.4, -0.2) is 69.8 Å². The topological polar surface area (TPSA) is 83.7 Å². The Hall–Kier alpha value is -4.24. The molecule has 1 aliphatic carbocycles. The highest BCUT2D eigenvalue weighted by molar-refractivity contribution is 5.97. The number of fused-ring (bicyclic) bond motifs is 3. The first kappa shape index (κ1) is 27.6. The van der Waals surface area contributed by atoms with E-state index in [2.05, 4.69) is 82.7 Å². The van der Waals surface area contributed by atoms with Gasteiger partial charge in [-0.05, 0) is 68.9 Å². The molecule has 5 aromatic rings. The zero-order valence-electron chi connectivity index (χ0n) is 25.4. The van der Waals surface area contributed by atoms with Crippen LogP contribution >= 0.6 is 0 Å². The molecule has 0 atom stereocenters. The molecule has 0 spiro atoms. The average Bonchev–Trinajstić information content (AvgIpc) is 3.66. The van der Waals surface area contributed by atoms with E-state index in [0.717, 1.165) is 61.9 Å². The second-order valence-electron chi connectivity index (χ2n) is 12.3. The lowest BCUT2D eigenvalue weighted by Crippen LogP contribution is -2.33. The normalized spacial score (nSPS) is 15.7. The smallest absolute Gasteiger partial charge is 0.318 e. The summed E-state index contributed by atoms with van der Waals surface area (Å²) in [4.78, 5) is 14.7. The molecule has 0 saturated heterocycles. The fraction of sp³-hybridized carbons (Fsp3) is 0.412. The van der Waals surface area contributed by atoms with Gasteiger partial charge in [0.05, 0.1) is 18.8 Å². The van der Waals surface area contributed by atoms with Crippen LogP contribution in [0.5, 0.6) is 6.01 Å². The first-order valence-electron chi connectivity index (χ1n) is 15.5. The number of aromatic nitrogens is 5. The van der Waals surface area contributed by atoms with E-state index in [1.165, 1.54) is 40.4 Å². The number of nitrogens with one attached hydrogen (secondary N) is 1. The van der Waals surface area contributed by atoms with Gasteiger partial charge in [0, 0.05) is 54.3 Å². The highest BCUT2D eigenvalue weighted by atomic mass is 16.5. The maximum absolute atomic E-state index is 6.36. The molecule has 43 heavy (non-hydrogen) atoms. The monoisotopic (exact) mass is 576 g/mol. The number of rotatable bonds is 11. The molecular weight excluding hydrogens is 536 g/mol. The number of anilines is 2. The number of benzene rings is 2. The van der Waals surface area contributed by atoms with E-state index in [9.17, 15) is 0 Å². The molecule has 3 aromatic heterocycles. The standard InChI is InChI=1S/C34H40N8O/c1-4-24-9-7-10-25-11-8-12-28(31(24)25)41-20-15-26-27(21-41)36-33(43-23-34(16-17-34)22-40(2)3)37-32(26)35-18-14-30-39-38-29-13-5-6-19-42(29)30/h5-13,19H,4,14-18,20-23H2,1-3H3,(H,35,36,37). The molecule has 2 aromatic carbocycles. The van der Waals surface area contributed by atoms with Crippen molar-refractivity contribution in [3.8, 4) is 6.01 Å². The van der Waals surface area contributed by atoms with E-state index in [-0.39, 0.29) is 5.41 Å². The van der Waals surface area contributed by atoms with Crippen LogP contribution in [-0.2, 0) is 25.8 Å². The predicted molar refractivity (Wildman–Crippen MR) is 171 cm³/mol. The van der Waals surface area contributed by atoms with Crippen LogP contribution < -0.4 is 15.0 Å². The molecule has 9 nitrogen and oxygen atoms in total. The molecular formula is C34H40N8O. The average molecular weight is 577 g/mol.